The Hall–Kier alpha value is -1.83. The van der Waals surface area contributed by atoms with Crippen LogP contribution in [0.2, 0.25) is 5.02 Å². The average Bonchev–Trinajstić information content (AvgIpc) is 3.25. The number of hydrogen-bond donors (Lipinski definition) is 2. The highest BCUT2D eigenvalue weighted by atomic mass is 35.5. The number of thioether (sulfide) groups is 1. The number of halogens is 1. The Bertz CT molecular complexity index is 1060. The summed E-state index contributed by atoms with van der Waals surface area (Å²) in [7, 11) is 0. The maximum Gasteiger partial charge on any atom is 0.259 e. The summed E-state index contributed by atoms with van der Waals surface area (Å²) >= 11 is 9.11. The molecule has 0 saturated carbocycles. The summed E-state index contributed by atoms with van der Waals surface area (Å²) in [5.74, 6) is 1.96. The summed E-state index contributed by atoms with van der Waals surface area (Å²) in [5.41, 5.74) is 2.19. The highest BCUT2D eigenvalue weighted by Crippen LogP contribution is 2.34. The first kappa shape index (κ1) is 19.5. The molecule has 3 aromatic rings. The van der Waals surface area contributed by atoms with Crippen LogP contribution in [0.4, 0.5) is 0 Å². The van der Waals surface area contributed by atoms with Crippen molar-refractivity contribution in [2.45, 2.75) is 38.0 Å². The topological polar surface area (TPSA) is 74.8 Å². The third kappa shape index (κ3) is 4.42. The van der Waals surface area contributed by atoms with Gasteiger partial charge in [-0.1, -0.05) is 23.7 Å². The van der Waals surface area contributed by atoms with Gasteiger partial charge in [0.05, 0.1) is 11.1 Å². The van der Waals surface area contributed by atoms with E-state index in [0.29, 0.717) is 35.3 Å². The van der Waals surface area contributed by atoms with Crippen LogP contribution in [0.5, 0.6) is 0 Å². The Morgan fingerprint density at radius 1 is 1.29 bits per heavy atom. The molecule has 8 heteroatoms. The van der Waals surface area contributed by atoms with Crippen molar-refractivity contribution in [2.75, 3.05) is 5.75 Å². The number of nitrogens with one attached hydrogen (secondary N) is 2. The van der Waals surface area contributed by atoms with E-state index < -0.39 is 0 Å². The maximum atomic E-state index is 12.4. The van der Waals surface area contributed by atoms with Crippen LogP contribution >= 0.6 is 34.7 Å². The van der Waals surface area contributed by atoms with E-state index in [-0.39, 0.29) is 11.5 Å². The lowest BCUT2D eigenvalue weighted by Crippen LogP contribution is -2.23. The first-order valence-electron chi connectivity index (χ1n) is 9.22. The molecular formula is C20H20ClN3O2S2. The van der Waals surface area contributed by atoms with Crippen molar-refractivity contribution >= 4 is 50.8 Å². The maximum absolute atomic E-state index is 12.4. The predicted molar refractivity (Wildman–Crippen MR) is 116 cm³/mol. The Morgan fingerprint density at radius 3 is 2.93 bits per heavy atom. The lowest BCUT2D eigenvalue weighted by Gasteiger charge is -2.06. The third-order valence-electron chi connectivity index (χ3n) is 4.74. The zero-order valence-corrected chi connectivity index (χ0v) is 17.6. The van der Waals surface area contributed by atoms with Crippen LogP contribution in [0.15, 0.2) is 29.1 Å². The van der Waals surface area contributed by atoms with E-state index >= 15 is 0 Å². The molecule has 4 rings (SSSR count). The molecule has 1 amide bonds. The molecule has 2 N–H and O–H groups in total. The van der Waals surface area contributed by atoms with Crippen LogP contribution in [-0.4, -0.2) is 21.6 Å². The van der Waals surface area contributed by atoms with Crippen molar-refractivity contribution < 1.29 is 4.79 Å². The SMILES string of the molecule is O=C(CCSCc1nc2sc3c(c2c(=O)[nH]1)CCC3)NCc1ccc(Cl)cc1. The summed E-state index contributed by atoms with van der Waals surface area (Å²) in [6, 6.07) is 7.42. The predicted octanol–water partition coefficient (Wildman–Crippen LogP) is 4.07. The standard InChI is InChI=1S/C20H20ClN3O2S2/c21-13-6-4-12(5-7-13)10-22-17(25)8-9-27-11-16-23-19(26)18-14-2-1-3-15(14)28-20(18)24-16/h4-7H,1-3,8-11H2,(H,22,25)(H,23,24,26). The molecule has 2 heterocycles. The molecule has 0 saturated heterocycles. The molecule has 0 radical (unpaired) electrons. The highest BCUT2D eigenvalue weighted by Gasteiger charge is 2.21. The number of nitrogens with zero attached hydrogens (tertiary/aromatic N) is 1. The van der Waals surface area contributed by atoms with Crippen molar-refractivity contribution in [1.82, 2.24) is 15.3 Å². The Labute approximate surface area is 175 Å². The zero-order chi connectivity index (χ0) is 19.5. The molecule has 0 atom stereocenters. The number of H-pyrrole nitrogens is 1. The van der Waals surface area contributed by atoms with Gasteiger partial charge in [-0.05, 0) is 42.5 Å². The number of amides is 1. The number of carbonyl (C=O) groups is 1. The Kier molecular flexibility index (Phi) is 6.04. The Morgan fingerprint density at radius 2 is 2.11 bits per heavy atom. The average molecular weight is 434 g/mol. The number of aryl methyl sites for hydroxylation is 2. The number of aromatic nitrogens is 2. The van der Waals surface area contributed by atoms with Gasteiger partial charge < -0.3 is 10.3 Å². The van der Waals surface area contributed by atoms with Crippen LogP contribution in [0.1, 0.15) is 34.7 Å². The fraction of sp³-hybridized carbons (Fsp3) is 0.350. The molecule has 0 fully saturated rings. The normalized spacial score (nSPS) is 13.0. The van der Waals surface area contributed by atoms with Gasteiger partial charge >= 0.3 is 0 Å². The molecule has 28 heavy (non-hydrogen) atoms. The minimum atomic E-state index is -0.0271. The summed E-state index contributed by atoms with van der Waals surface area (Å²) in [5, 5.41) is 4.37. The molecule has 1 aromatic carbocycles. The smallest absolute Gasteiger partial charge is 0.259 e. The third-order valence-corrected chi connectivity index (χ3v) is 7.15. The summed E-state index contributed by atoms with van der Waals surface area (Å²) in [4.78, 5) is 34.1. The lowest BCUT2D eigenvalue weighted by atomic mass is 10.2. The van der Waals surface area contributed by atoms with Crippen molar-refractivity contribution in [2.24, 2.45) is 0 Å². The van der Waals surface area contributed by atoms with Crippen molar-refractivity contribution in [3.8, 4) is 0 Å². The van der Waals surface area contributed by atoms with E-state index in [1.165, 1.54) is 10.4 Å². The summed E-state index contributed by atoms with van der Waals surface area (Å²) in [6.45, 7) is 0.495. The van der Waals surface area contributed by atoms with Gasteiger partial charge in [0, 0.05) is 28.6 Å². The van der Waals surface area contributed by atoms with E-state index in [1.807, 2.05) is 24.3 Å². The number of aromatic amines is 1. The molecule has 0 spiro atoms. The second-order valence-corrected chi connectivity index (χ2v) is 9.38. The van der Waals surface area contributed by atoms with E-state index in [0.717, 1.165) is 35.0 Å². The van der Waals surface area contributed by atoms with Gasteiger partial charge in [0.2, 0.25) is 5.91 Å². The van der Waals surface area contributed by atoms with Gasteiger partial charge in [-0.3, -0.25) is 9.59 Å². The van der Waals surface area contributed by atoms with Crippen molar-refractivity contribution in [3.05, 3.63) is 61.5 Å². The number of benzene rings is 1. The summed E-state index contributed by atoms with van der Waals surface area (Å²) in [6.07, 6.45) is 3.61. The minimum absolute atomic E-state index is 0.00837. The van der Waals surface area contributed by atoms with Crippen LogP contribution in [0.3, 0.4) is 0 Å². The number of hydrogen-bond acceptors (Lipinski definition) is 5. The van der Waals surface area contributed by atoms with Crippen molar-refractivity contribution in [3.63, 3.8) is 0 Å². The van der Waals surface area contributed by atoms with Crippen LogP contribution < -0.4 is 10.9 Å². The van der Waals surface area contributed by atoms with Crippen LogP contribution in [0.25, 0.3) is 10.2 Å². The second-order valence-electron chi connectivity index (χ2n) is 6.76. The first-order valence-corrected chi connectivity index (χ1v) is 11.6. The van der Waals surface area contributed by atoms with E-state index in [1.54, 1.807) is 23.1 Å². The van der Waals surface area contributed by atoms with Gasteiger partial charge in [0.15, 0.2) is 0 Å². The van der Waals surface area contributed by atoms with Gasteiger partial charge in [0.25, 0.3) is 5.56 Å². The molecule has 0 unspecified atom stereocenters. The molecular weight excluding hydrogens is 414 g/mol. The van der Waals surface area contributed by atoms with Gasteiger partial charge in [-0.15, -0.1) is 11.3 Å². The molecule has 146 valence electrons. The molecule has 2 aromatic heterocycles. The van der Waals surface area contributed by atoms with Gasteiger partial charge in [-0.25, -0.2) is 4.98 Å². The molecule has 1 aliphatic carbocycles. The lowest BCUT2D eigenvalue weighted by molar-refractivity contribution is -0.120. The quantitative estimate of drug-likeness (QED) is 0.551. The fourth-order valence-electron chi connectivity index (χ4n) is 3.34. The molecule has 1 aliphatic rings. The zero-order valence-electron chi connectivity index (χ0n) is 15.2. The number of thiophene rings is 1. The molecule has 0 bridgehead atoms. The number of fused-ring (bicyclic) bond motifs is 3. The Balaban J connectivity index is 1.25. The van der Waals surface area contributed by atoms with E-state index in [4.69, 9.17) is 11.6 Å². The van der Waals surface area contributed by atoms with Gasteiger partial charge in [-0.2, -0.15) is 11.8 Å². The van der Waals surface area contributed by atoms with Crippen LogP contribution in [0, 0.1) is 0 Å². The highest BCUT2D eigenvalue weighted by molar-refractivity contribution is 7.98. The first-order chi connectivity index (χ1) is 13.6. The fourth-order valence-corrected chi connectivity index (χ4v) is 5.55. The second kappa shape index (κ2) is 8.68. The number of rotatable bonds is 7. The molecule has 5 nitrogen and oxygen atoms in total. The van der Waals surface area contributed by atoms with Gasteiger partial charge in [0.1, 0.15) is 10.7 Å². The summed E-state index contributed by atoms with van der Waals surface area (Å²) < 4.78 is 0. The van der Waals surface area contributed by atoms with Crippen LogP contribution in [-0.2, 0) is 29.9 Å². The van der Waals surface area contributed by atoms with E-state index in [2.05, 4.69) is 15.3 Å². The molecule has 0 aliphatic heterocycles. The monoisotopic (exact) mass is 433 g/mol. The van der Waals surface area contributed by atoms with Crippen molar-refractivity contribution in [1.29, 1.82) is 0 Å². The largest absolute Gasteiger partial charge is 0.352 e. The minimum Gasteiger partial charge on any atom is -0.352 e. The number of carbonyl (C=O) groups excluding carboxylic acids is 1. The van der Waals surface area contributed by atoms with E-state index in [9.17, 15) is 9.59 Å².